The summed E-state index contributed by atoms with van der Waals surface area (Å²) in [4.78, 5) is 10.2. The number of nitro benzene ring substituents is 1. The van der Waals surface area contributed by atoms with E-state index < -0.39 is 10.5 Å². The van der Waals surface area contributed by atoms with Crippen LogP contribution in [-0.4, -0.2) is 42.4 Å². The summed E-state index contributed by atoms with van der Waals surface area (Å²) in [6.07, 6.45) is 0.979. The van der Waals surface area contributed by atoms with E-state index in [0.29, 0.717) is 12.3 Å². The molecule has 0 aliphatic heterocycles. The minimum absolute atomic E-state index is 0.0535. The zero-order chi connectivity index (χ0) is 15.9. The first-order chi connectivity index (χ1) is 9.89. The summed E-state index contributed by atoms with van der Waals surface area (Å²) in [5, 5.41) is 24.0. The number of nitrogens with one attached hydrogen (secondary N) is 1. The van der Waals surface area contributed by atoms with Crippen LogP contribution >= 0.6 is 0 Å². The highest BCUT2D eigenvalue weighted by atomic mass is 16.6. The fourth-order valence-corrected chi connectivity index (χ4v) is 1.71. The van der Waals surface area contributed by atoms with E-state index in [2.05, 4.69) is 5.32 Å². The smallest absolute Gasteiger partial charge is 0.273 e. The van der Waals surface area contributed by atoms with Gasteiger partial charge in [-0.05, 0) is 26.0 Å². The topological polar surface area (TPSA) is 93.9 Å². The summed E-state index contributed by atoms with van der Waals surface area (Å²) in [6, 6.07) is 4.09. The third-order valence-corrected chi connectivity index (χ3v) is 2.83. The monoisotopic (exact) mass is 298 g/mol. The molecule has 0 spiro atoms. The van der Waals surface area contributed by atoms with Gasteiger partial charge in [-0.1, -0.05) is 6.92 Å². The predicted octanol–water partition coefficient (Wildman–Crippen LogP) is 1.73. The standard InChI is InChI=1S/C14H22N2O5/c1-4-7-15-9-14(2,17)10-21-12-6-5-11(16(18)19)8-13(12)20-3/h5-6,8,15,17H,4,7,9-10H2,1-3H3. The summed E-state index contributed by atoms with van der Waals surface area (Å²) < 4.78 is 10.6. The van der Waals surface area contributed by atoms with Crippen LogP contribution in [0.3, 0.4) is 0 Å². The molecule has 0 radical (unpaired) electrons. The van der Waals surface area contributed by atoms with Gasteiger partial charge in [0.1, 0.15) is 12.2 Å². The second kappa shape index (κ2) is 7.80. The van der Waals surface area contributed by atoms with Gasteiger partial charge in [-0.25, -0.2) is 0 Å². The van der Waals surface area contributed by atoms with E-state index in [1.165, 1.54) is 25.3 Å². The quantitative estimate of drug-likeness (QED) is 0.410. The number of benzene rings is 1. The maximum absolute atomic E-state index is 10.7. The van der Waals surface area contributed by atoms with Gasteiger partial charge in [0, 0.05) is 12.6 Å². The van der Waals surface area contributed by atoms with E-state index in [-0.39, 0.29) is 18.0 Å². The Hall–Kier alpha value is -1.86. The lowest BCUT2D eigenvalue weighted by Gasteiger charge is -2.24. The van der Waals surface area contributed by atoms with Gasteiger partial charge in [-0.15, -0.1) is 0 Å². The Balaban J connectivity index is 2.68. The second-order valence-electron chi connectivity index (χ2n) is 5.05. The molecule has 0 saturated carbocycles. The van der Waals surface area contributed by atoms with Crippen LogP contribution in [0.15, 0.2) is 18.2 Å². The van der Waals surface area contributed by atoms with Crippen LogP contribution < -0.4 is 14.8 Å². The SMILES string of the molecule is CCCNCC(C)(O)COc1ccc([N+](=O)[O-])cc1OC. The molecule has 0 aliphatic carbocycles. The maximum atomic E-state index is 10.7. The number of non-ortho nitro benzene ring substituents is 1. The molecule has 1 rings (SSSR count). The number of nitrogens with zero attached hydrogens (tertiary/aromatic N) is 1. The highest BCUT2D eigenvalue weighted by Crippen LogP contribution is 2.31. The van der Waals surface area contributed by atoms with Gasteiger partial charge in [0.2, 0.25) is 0 Å². The van der Waals surface area contributed by atoms with Gasteiger partial charge < -0.3 is 19.9 Å². The largest absolute Gasteiger partial charge is 0.493 e. The van der Waals surface area contributed by atoms with E-state index in [1.54, 1.807) is 6.92 Å². The van der Waals surface area contributed by atoms with Crippen LogP contribution in [0.4, 0.5) is 5.69 Å². The van der Waals surface area contributed by atoms with Crippen LogP contribution in [0.1, 0.15) is 20.3 Å². The van der Waals surface area contributed by atoms with Crippen LogP contribution in [-0.2, 0) is 0 Å². The van der Waals surface area contributed by atoms with Gasteiger partial charge >= 0.3 is 0 Å². The van der Waals surface area contributed by atoms with E-state index in [1.807, 2.05) is 6.92 Å². The molecular weight excluding hydrogens is 276 g/mol. The van der Waals surface area contributed by atoms with Crippen molar-refractivity contribution in [1.29, 1.82) is 0 Å². The van der Waals surface area contributed by atoms with Crippen LogP contribution in [0.5, 0.6) is 11.5 Å². The molecule has 1 aromatic carbocycles. The highest BCUT2D eigenvalue weighted by Gasteiger charge is 2.22. The number of rotatable bonds is 9. The Bertz CT molecular complexity index is 476. The Morgan fingerprint density at radius 2 is 2.14 bits per heavy atom. The number of ether oxygens (including phenoxy) is 2. The number of hydrogen-bond acceptors (Lipinski definition) is 6. The highest BCUT2D eigenvalue weighted by molar-refractivity contribution is 5.48. The molecule has 1 aromatic rings. The lowest BCUT2D eigenvalue weighted by Crippen LogP contribution is -2.43. The zero-order valence-electron chi connectivity index (χ0n) is 12.6. The van der Waals surface area contributed by atoms with Crippen molar-refractivity contribution in [3.05, 3.63) is 28.3 Å². The van der Waals surface area contributed by atoms with Gasteiger partial charge in [-0.3, -0.25) is 10.1 Å². The van der Waals surface area contributed by atoms with Gasteiger partial charge in [0.25, 0.3) is 5.69 Å². The Labute approximate surface area is 124 Å². The maximum Gasteiger partial charge on any atom is 0.273 e. The molecule has 0 bridgehead atoms. The van der Waals surface area contributed by atoms with Crippen molar-refractivity contribution in [3.8, 4) is 11.5 Å². The molecule has 0 fully saturated rings. The minimum atomic E-state index is -1.04. The molecule has 7 heteroatoms. The first-order valence-electron chi connectivity index (χ1n) is 6.78. The van der Waals surface area contributed by atoms with Crippen molar-refractivity contribution < 1.29 is 19.5 Å². The molecule has 0 saturated heterocycles. The Morgan fingerprint density at radius 1 is 1.43 bits per heavy atom. The Morgan fingerprint density at radius 3 is 2.71 bits per heavy atom. The van der Waals surface area contributed by atoms with Crippen LogP contribution in [0, 0.1) is 10.1 Å². The molecule has 0 aliphatic rings. The number of methoxy groups -OCH3 is 1. The lowest BCUT2D eigenvalue weighted by atomic mass is 10.1. The molecule has 0 aromatic heterocycles. The van der Waals surface area contributed by atoms with Gasteiger partial charge in [0.15, 0.2) is 11.5 Å². The molecule has 1 unspecified atom stereocenters. The van der Waals surface area contributed by atoms with E-state index in [9.17, 15) is 15.2 Å². The first-order valence-corrected chi connectivity index (χ1v) is 6.78. The third kappa shape index (κ3) is 5.57. The van der Waals surface area contributed by atoms with Crippen molar-refractivity contribution in [1.82, 2.24) is 5.32 Å². The molecule has 0 amide bonds. The summed E-state index contributed by atoms with van der Waals surface area (Å²) >= 11 is 0. The van der Waals surface area contributed by atoms with Crippen molar-refractivity contribution in [2.24, 2.45) is 0 Å². The minimum Gasteiger partial charge on any atom is -0.493 e. The zero-order valence-corrected chi connectivity index (χ0v) is 12.6. The van der Waals surface area contributed by atoms with E-state index in [4.69, 9.17) is 9.47 Å². The fraction of sp³-hybridized carbons (Fsp3) is 0.571. The van der Waals surface area contributed by atoms with Crippen LogP contribution in [0.25, 0.3) is 0 Å². The second-order valence-corrected chi connectivity index (χ2v) is 5.05. The fourth-order valence-electron chi connectivity index (χ4n) is 1.71. The molecule has 1 atom stereocenters. The predicted molar refractivity (Wildman–Crippen MR) is 78.9 cm³/mol. The van der Waals surface area contributed by atoms with E-state index in [0.717, 1.165) is 13.0 Å². The number of nitro groups is 1. The molecule has 0 heterocycles. The number of aliphatic hydroxyl groups is 1. The van der Waals surface area contributed by atoms with Crippen molar-refractivity contribution in [2.75, 3.05) is 26.8 Å². The average Bonchev–Trinajstić information content (AvgIpc) is 2.45. The van der Waals surface area contributed by atoms with Gasteiger partial charge in [-0.2, -0.15) is 0 Å². The summed E-state index contributed by atoms with van der Waals surface area (Å²) in [5.41, 5.74) is -1.11. The molecule has 7 nitrogen and oxygen atoms in total. The van der Waals surface area contributed by atoms with Crippen molar-refractivity contribution in [2.45, 2.75) is 25.9 Å². The van der Waals surface area contributed by atoms with E-state index >= 15 is 0 Å². The lowest BCUT2D eigenvalue weighted by molar-refractivity contribution is -0.385. The van der Waals surface area contributed by atoms with Crippen molar-refractivity contribution in [3.63, 3.8) is 0 Å². The third-order valence-electron chi connectivity index (χ3n) is 2.83. The number of hydrogen-bond donors (Lipinski definition) is 2. The average molecular weight is 298 g/mol. The summed E-state index contributed by atoms with van der Waals surface area (Å²) in [6.45, 7) is 4.97. The Kier molecular flexibility index (Phi) is 6.39. The van der Waals surface area contributed by atoms with Gasteiger partial charge in [0.05, 0.1) is 18.1 Å². The normalized spacial score (nSPS) is 13.5. The first kappa shape index (κ1) is 17.2. The van der Waals surface area contributed by atoms with Crippen molar-refractivity contribution >= 4 is 5.69 Å². The summed E-state index contributed by atoms with van der Waals surface area (Å²) in [5.74, 6) is 0.625. The molecular formula is C14H22N2O5. The molecule has 118 valence electrons. The van der Waals surface area contributed by atoms with Crippen LogP contribution in [0.2, 0.25) is 0 Å². The summed E-state index contributed by atoms with van der Waals surface area (Å²) in [7, 11) is 1.41. The molecule has 2 N–H and O–H groups in total. The molecule has 21 heavy (non-hydrogen) atoms.